The van der Waals surface area contributed by atoms with Crippen LogP contribution in [0, 0.1) is 0 Å². The third-order valence-electron chi connectivity index (χ3n) is 3.66. The van der Waals surface area contributed by atoms with Crippen molar-refractivity contribution < 1.29 is 32.1 Å². The van der Waals surface area contributed by atoms with Crippen LogP contribution < -0.4 is 15.4 Å². The standard InChI is InChI=1S/C17H14ClF3N6O4S/c18-5-2-6-30-10-4-1-3-9(7-10)8-11(28)22-16-25-24-14(32-16)12-13(27-31-26-12)23-15(29)17(19,20)21/h1,3-4,7H,2,5-6,8H2,(H,22,25,28)(H,23,27,29). The van der Waals surface area contributed by atoms with Crippen LogP contribution in [0.15, 0.2) is 28.9 Å². The molecule has 3 aromatic rings. The number of carbonyl (C=O) groups excluding carboxylic acids is 2. The van der Waals surface area contributed by atoms with Crippen molar-refractivity contribution >= 4 is 45.7 Å². The van der Waals surface area contributed by atoms with Gasteiger partial charge >= 0.3 is 12.1 Å². The summed E-state index contributed by atoms with van der Waals surface area (Å²) in [6.45, 7) is 0.453. The van der Waals surface area contributed by atoms with E-state index < -0.39 is 23.8 Å². The average molecular weight is 491 g/mol. The molecule has 0 spiro atoms. The molecule has 2 N–H and O–H groups in total. The van der Waals surface area contributed by atoms with Gasteiger partial charge in [0.05, 0.1) is 13.0 Å². The largest absolute Gasteiger partial charge is 0.494 e. The Morgan fingerprint density at radius 3 is 2.75 bits per heavy atom. The van der Waals surface area contributed by atoms with Gasteiger partial charge in [-0.15, -0.1) is 21.8 Å². The highest BCUT2D eigenvalue weighted by Crippen LogP contribution is 2.30. The smallest absolute Gasteiger partial charge is 0.471 e. The minimum absolute atomic E-state index is 0.0139. The van der Waals surface area contributed by atoms with E-state index in [1.807, 2.05) is 0 Å². The van der Waals surface area contributed by atoms with Gasteiger partial charge in [-0.2, -0.15) is 13.2 Å². The number of anilines is 2. The number of rotatable bonds is 9. The number of hydrogen-bond donors (Lipinski definition) is 2. The second-order valence-corrected chi connectivity index (χ2v) is 7.44. The van der Waals surface area contributed by atoms with Crippen LogP contribution in [0.4, 0.5) is 24.1 Å². The van der Waals surface area contributed by atoms with Crippen molar-refractivity contribution in [2.75, 3.05) is 23.1 Å². The topological polar surface area (TPSA) is 132 Å². The summed E-state index contributed by atoms with van der Waals surface area (Å²) >= 11 is 6.42. The number of hydrogen-bond acceptors (Lipinski definition) is 9. The fraction of sp³-hybridized carbons (Fsp3) is 0.294. The lowest BCUT2D eigenvalue weighted by Crippen LogP contribution is -2.30. The summed E-state index contributed by atoms with van der Waals surface area (Å²) in [5.74, 6) is -2.15. The molecule has 10 nitrogen and oxygen atoms in total. The van der Waals surface area contributed by atoms with E-state index in [0.29, 0.717) is 30.2 Å². The number of aromatic nitrogens is 4. The van der Waals surface area contributed by atoms with Crippen molar-refractivity contribution in [2.24, 2.45) is 0 Å². The van der Waals surface area contributed by atoms with Crippen molar-refractivity contribution in [1.82, 2.24) is 20.5 Å². The van der Waals surface area contributed by atoms with E-state index in [1.165, 1.54) is 5.32 Å². The molecule has 0 aliphatic carbocycles. The molecule has 0 aliphatic heterocycles. The zero-order chi connectivity index (χ0) is 23.1. The van der Waals surface area contributed by atoms with E-state index in [9.17, 15) is 22.8 Å². The summed E-state index contributed by atoms with van der Waals surface area (Å²) in [7, 11) is 0. The molecular formula is C17H14ClF3N6O4S. The zero-order valence-electron chi connectivity index (χ0n) is 16.0. The van der Waals surface area contributed by atoms with Crippen LogP contribution in [0.25, 0.3) is 10.7 Å². The Morgan fingerprint density at radius 1 is 1.19 bits per heavy atom. The van der Waals surface area contributed by atoms with Gasteiger partial charge in [0.2, 0.25) is 16.9 Å². The van der Waals surface area contributed by atoms with Gasteiger partial charge in [-0.25, -0.2) is 4.63 Å². The predicted molar refractivity (Wildman–Crippen MR) is 107 cm³/mol. The normalized spacial score (nSPS) is 11.2. The van der Waals surface area contributed by atoms with Crippen molar-refractivity contribution in [2.45, 2.75) is 19.0 Å². The first-order valence-corrected chi connectivity index (χ1v) is 10.2. The Kier molecular flexibility index (Phi) is 7.58. The fourth-order valence-corrected chi connectivity index (χ4v) is 3.15. The Balaban J connectivity index is 1.61. The molecular weight excluding hydrogens is 477 g/mol. The maximum Gasteiger partial charge on any atom is 0.471 e. The van der Waals surface area contributed by atoms with Crippen LogP contribution in [0.3, 0.4) is 0 Å². The van der Waals surface area contributed by atoms with E-state index in [0.717, 1.165) is 11.3 Å². The molecule has 0 bridgehead atoms. The highest BCUT2D eigenvalue weighted by Gasteiger charge is 2.40. The number of alkyl halides is 4. The number of ether oxygens (including phenoxy) is 1. The van der Waals surface area contributed by atoms with Gasteiger partial charge in [0, 0.05) is 5.88 Å². The van der Waals surface area contributed by atoms with Gasteiger partial charge < -0.3 is 10.1 Å². The Morgan fingerprint density at radius 2 is 2.00 bits per heavy atom. The number of benzene rings is 1. The highest BCUT2D eigenvalue weighted by molar-refractivity contribution is 7.18. The average Bonchev–Trinajstić information content (AvgIpc) is 3.37. The van der Waals surface area contributed by atoms with E-state index in [2.05, 4.69) is 30.5 Å². The summed E-state index contributed by atoms with van der Waals surface area (Å²) in [6, 6.07) is 6.97. The fourth-order valence-electron chi connectivity index (χ4n) is 2.30. The van der Waals surface area contributed by atoms with Gasteiger partial charge in [0.1, 0.15) is 5.75 Å². The molecule has 0 aliphatic rings. The zero-order valence-corrected chi connectivity index (χ0v) is 17.6. The lowest BCUT2D eigenvalue weighted by atomic mass is 10.1. The molecule has 1 aromatic carbocycles. The Bertz CT molecular complexity index is 1090. The van der Waals surface area contributed by atoms with Gasteiger partial charge in [0.25, 0.3) is 0 Å². The van der Waals surface area contributed by atoms with Crippen LogP contribution in [-0.2, 0) is 16.0 Å². The second kappa shape index (κ2) is 10.4. The summed E-state index contributed by atoms with van der Waals surface area (Å²) in [5.41, 5.74) is 0.427. The van der Waals surface area contributed by atoms with Crippen LogP contribution in [0.1, 0.15) is 12.0 Å². The first kappa shape index (κ1) is 23.4. The van der Waals surface area contributed by atoms with Crippen LogP contribution >= 0.6 is 22.9 Å². The molecule has 0 fully saturated rings. The summed E-state index contributed by atoms with van der Waals surface area (Å²) in [6.07, 6.45) is -4.42. The molecule has 15 heteroatoms. The Labute approximate surface area is 187 Å². The summed E-state index contributed by atoms with van der Waals surface area (Å²) < 4.78 is 47.2. The quantitative estimate of drug-likeness (QED) is 0.345. The van der Waals surface area contributed by atoms with Crippen molar-refractivity contribution in [1.29, 1.82) is 0 Å². The number of halogens is 4. The predicted octanol–water partition coefficient (Wildman–Crippen LogP) is 3.28. The molecule has 32 heavy (non-hydrogen) atoms. The molecule has 0 saturated carbocycles. The molecule has 2 aromatic heterocycles. The van der Waals surface area contributed by atoms with Crippen LogP contribution in [0.2, 0.25) is 0 Å². The van der Waals surface area contributed by atoms with E-state index >= 15 is 0 Å². The van der Waals surface area contributed by atoms with Crippen molar-refractivity contribution in [3.63, 3.8) is 0 Å². The number of amides is 2. The number of carbonyl (C=O) groups is 2. The van der Waals surface area contributed by atoms with E-state index in [-0.39, 0.29) is 22.3 Å². The van der Waals surface area contributed by atoms with Crippen LogP contribution in [-0.4, -0.2) is 51.0 Å². The summed E-state index contributed by atoms with van der Waals surface area (Å²) in [4.78, 5) is 23.4. The highest BCUT2D eigenvalue weighted by atomic mass is 35.5. The third kappa shape index (κ3) is 6.37. The lowest BCUT2D eigenvalue weighted by Gasteiger charge is -2.07. The van der Waals surface area contributed by atoms with Crippen molar-refractivity contribution in [3.05, 3.63) is 29.8 Å². The molecule has 2 amide bonds. The van der Waals surface area contributed by atoms with Crippen molar-refractivity contribution in [3.8, 4) is 16.5 Å². The van der Waals surface area contributed by atoms with Gasteiger partial charge in [-0.05, 0) is 34.4 Å². The van der Waals surface area contributed by atoms with Gasteiger partial charge in [0.15, 0.2) is 10.7 Å². The van der Waals surface area contributed by atoms with Gasteiger partial charge in [-0.1, -0.05) is 23.5 Å². The van der Waals surface area contributed by atoms with Gasteiger partial charge in [-0.3, -0.25) is 14.9 Å². The molecule has 3 rings (SSSR count). The molecule has 0 atom stereocenters. The third-order valence-corrected chi connectivity index (χ3v) is 4.77. The first-order valence-electron chi connectivity index (χ1n) is 8.88. The minimum Gasteiger partial charge on any atom is -0.494 e. The Hall–Kier alpha value is -3.26. The number of nitrogens with zero attached hydrogens (tertiary/aromatic N) is 4. The molecule has 0 radical (unpaired) electrons. The summed E-state index contributed by atoms with van der Waals surface area (Å²) in [5, 5.41) is 18.2. The van der Waals surface area contributed by atoms with E-state index in [1.54, 1.807) is 24.3 Å². The second-order valence-electron chi connectivity index (χ2n) is 6.09. The maximum atomic E-state index is 12.4. The van der Waals surface area contributed by atoms with Crippen LogP contribution in [0.5, 0.6) is 5.75 Å². The molecule has 0 unspecified atom stereocenters. The first-order chi connectivity index (χ1) is 15.3. The lowest BCUT2D eigenvalue weighted by molar-refractivity contribution is -0.167. The van der Waals surface area contributed by atoms with E-state index in [4.69, 9.17) is 16.3 Å². The minimum atomic E-state index is -5.12. The number of nitrogens with one attached hydrogen (secondary N) is 2. The molecule has 170 valence electrons. The monoisotopic (exact) mass is 490 g/mol. The maximum absolute atomic E-state index is 12.4. The molecule has 0 saturated heterocycles. The SMILES string of the molecule is O=C(Cc1cccc(OCCCCl)c1)Nc1nnc(-c2nonc2NC(=O)C(F)(F)F)s1. The molecule has 2 heterocycles.